The molecule has 3 heterocycles. The second-order valence-corrected chi connectivity index (χ2v) is 15.8. The Hall–Kier alpha value is -5.71. The number of nitrogens with one attached hydrogen (secondary N) is 4. The first-order valence-electron chi connectivity index (χ1n) is 20.2. The molecule has 60 heavy (non-hydrogen) atoms. The zero-order valence-corrected chi connectivity index (χ0v) is 34.7. The van der Waals surface area contributed by atoms with Gasteiger partial charge in [-0.1, -0.05) is 36.8 Å². The molecule has 1 unspecified atom stereocenters. The summed E-state index contributed by atoms with van der Waals surface area (Å²) >= 11 is 1.89. The molecule has 16 heteroatoms. The highest BCUT2D eigenvalue weighted by Crippen LogP contribution is 2.34. The third kappa shape index (κ3) is 12.4. The monoisotopic (exact) mass is 842 g/mol. The fourth-order valence-electron chi connectivity index (χ4n) is 7.12. The van der Waals surface area contributed by atoms with Gasteiger partial charge in [-0.15, -0.1) is 0 Å². The summed E-state index contributed by atoms with van der Waals surface area (Å²) < 4.78 is 21.7. The molecule has 320 valence electrons. The number of rotatable bonds is 22. The largest absolute Gasteiger partial charge is 0.504 e. The maximum Gasteiger partial charge on any atom is 0.315 e. The van der Waals surface area contributed by atoms with Crippen LogP contribution in [0.4, 0.5) is 10.5 Å². The van der Waals surface area contributed by atoms with E-state index in [-0.39, 0.29) is 47.5 Å². The number of nitrogens with zero attached hydrogens (tertiary/aromatic N) is 2. The summed E-state index contributed by atoms with van der Waals surface area (Å²) in [5, 5.41) is 38.9. The lowest BCUT2D eigenvalue weighted by molar-refractivity contribution is -0.121. The van der Waals surface area contributed by atoms with Crippen LogP contribution in [0.2, 0.25) is 0 Å². The number of unbranched alkanes of at least 4 members (excludes halogenated alkanes) is 1. The number of amides is 4. The van der Waals surface area contributed by atoms with Gasteiger partial charge < -0.3 is 50.4 Å². The van der Waals surface area contributed by atoms with E-state index in [1.807, 2.05) is 53.2 Å². The third-order valence-corrected chi connectivity index (χ3v) is 11.8. The highest BCUT2D eigenvalue weighted by atomic mass is 32.2. The number of methoxy groups -OCH3 is 2. The Morgan fingerprint density at radius 1 is 0.850 bits per heavy atom. The van der Waals surface area contributed by atoms with Gasteiger partial charge in [0.25, 0.3) is 5.91 Å². The second kappa shape index (κ2) is 22.1. The molecule has 0 saturated carbocycles. The molecule has 0 bridgehead atoms. The zero-order chi connectivity index (χ0) is 42.3. The van der Waals surface area contributed by atoms with Crippen LogP contribution in [-0.2, 0) is 14.3 Å². The number of anilines is 1. The van der Waals surface area contributed by atoms with E-state index in [0.29, 0.717) is 74.7 Å². The maximum atomic E-state index is 12.9. The van der Waals surface area contributed by atoms with Crippen LogP contribution in [0.3, 0.4) is 0 Å². The van der Waals surface area contributed by atoms with Gasteiger partial charge in [-0.2, -0.15) is 16.9 Å². The highest BCUT2D eigenvalue weighted by molar-refractivity contribution is 8.00. The summed E-state index contributed by atoms with van der Waals surface area (Å²) in [6.45, 7) is 2.21. The van der Waals surface area contributed by atoms with Gasteiger partial charge in [0.15, 0.2) is 23.0 Å². The van der Waals surface area contributed by atoms with Crippen LogP contribution in [0.25, 0.3) is 12.2 Å². The van der Waals surface area contributed by atoms with Crippen LogP contribution in [0.1, 0.15) is 53.6 Å². The molecule has 3 aliphatic heterocycles. The van der Waals surface area contributed by atoms with E-state index in [1.54, 1.807) is 48.5 Å². The van der Waals surface area contributed by atoms with E-state index >= 15 is 0 Å². The standard InChI is InChI=1S/C44H54N6O9S/c1-56-38-25-29(9-17-36(38)51)7-13-32-27-34(14-8-30-10-18-37(52)39(26-30)57-2)50(49-32)33-15-11-31(12-16-33)43(54)46-20-22-59-24-23-58-21-19-45-41(53)6-4-3-5-40-42-35(28-60-40)47-44(55)48-42/h7-18,25-26,34-35,40,42,51-52H,3-6,19-24,27-28H2,1-2H3,(H,45,53)(H,46,54)(H2,47,48,55)/b13-7+,14-8+/t34?,35-,40-,42-/m0/s1. The number of phenolic OH excluding ortho intramolecular Hbond substituents is 2. The number of phenols is 2. The van der Waals surface area contributed by atoms with E-state index < -0.39 is 0 Å². The summed E-state index contributed by atoms with van der Waals surface area (Å²) in [6.07, 6.45) is 11.6. The number of aromatic hydroxyl groups is 2. The van der Waals surface area contributed by atoms with Crippen molar-refractivity contribution in [3.63, 3.8) is 0 Å². The molecule has 3 aliphatic rings. The lowest BCUT2D eigenvalue weighted by Gasteiger charge is -2.21. The Labute approximate surface area is 354 Å². The number of fused-ring (bicyclic) bond motifs is 1. The Balaban J connectivity index is 0.889. The average molecular weight is 843 g/mol. The summed E-state index contributed by atoms with van der Waals surface area (Å²) in [7, 11) is 3.01. The number of allylic oxidation sites excluding steroid dienone is 1. The van der Waals surface area contributed by atoms with Gasteiger partial charge in [0.1, 0.15) is 0 Å². The Morgan fingerprint density at radius 3 is 2.20 bits per heavy atom. The number of thioether (sulfide) groups is 1. The first-order chi connectivity index (χ1) is 29.2. The van der Waals surface area contributed by atoms with Crippen molar-refractivity contribution in [1.29, 1.82) is 0 Å². The van der Waals surface area contributed by atoms with Crippen molar-refractivity contribution in [2.45, 2.75) is 55.5 Å². The summed E-state index contributed by atoms with van der Waals surface area (Å²) in [5.74, 6) is 1.61. The van der Waals surface area contributed by atoms with E-state index in [4.69, 9.17) is 24.0 Å². The van der Waals surface area contributed by atoms with Crippen molar-refractivity contribution in [3.8, 4) is 23.0 Å². The fraction of sp³-hybridized carbons (Fsp3) is 0.409. The van der Waals surface area contributed by atoms with Crippen LogP contribution in [0, 0.1) is 0 Å². The molecule has 0 radical (unpaired) electrons. The number of hydrazone groups is 1. The van der Waals surface area contributed by atoms with Crippen molar-refractivity contribution in [2.75, 3.05) is 64.5 Å². The van der Waals surface area contributed by atoms with Crippen molar-refractivity contribution >= 4 is 53.2 Å². The molecular formula is C44H54N6O9S. The van der Waals surface area contributed by atoms with Gasteiger partial charge in [-0.3, -0.25) is 14.6 Å². The van der Waals surface area contributed by atoms with E-state index in [1.165, 1.54) is 14.2 Å². The first kappa shape index (κ1) is 43.9. The summed E-state index contributed by atoms with van der Waals surface area (Å²) in [5.41, 5.74) is 3.82. The minimum Gasteiger partial charge on any atom is -0.504 e. The lowest BCUT2D eigenvalue weighted by Crippen LogP contribution is -2.36. The maximum absolute atomic E-state index is 12.9. The van der Waals surface area contributed by atoms with E-state index in [0.717, 1.165) is 47.5 Å². The van der Waals surface area contributed by atoms with E-state index in [9.17, 15) is 24.6 Å². The van der Waals surface area contributed by atoms with Crippen molar-refractivity contribution < 1.29 is 43.5 Å². The molecule has 0 spiro atoms. The SMILES string of the molecule is COc1cc(/C=C/C2=NN(c3ccc(C(=O)NCCOCCOCCNC(=O)CCCC[C@@H]4SC[C@@H]5NC(=O)N[C@@H]54)cc3)C(/C=C/c3ccc(O)c(OC)c3)C2)ccc1O. The smallest absolute Gasteiger partial charge is 0.315 e. The predicted molar refractivity (Wildman–Crippen MR) is 233 cm³/mol. The van der Waals surface area contributed by atoms with Crippen LogP contribution < -0.4 is 35.7 Å². The van der Waals surface area contributed by atoms with Crippen LogP contribution >= 0.6 is 11.8 Å². The Bertz CT molecular complexity index is 2030. The molecule has 2 fully saturated rings. The van der Waals surface area contributed by atoms with Gasteiger partial charge in [-0.05, 0) is 78.6 Å². The minimum absolute atomic E-state index is 0.00854. The lowest BCUT2D eigenvalue weighted by atomic mass is 10.0. The molecular weight excluding hydrogens is 789 g/mol. The Morgan fingerprint density at radius 2 is 1.52 bits per heavy atom. The van der Waals surface area contributed by atoms with E-state index in [2.05, 4.69) is 21.3 Å². The first-order valence-corrected chi connectivity index (χ1v) is 21.2. The average Bonchev–Trinajstić information content (AvgIpc) is 3.96. The number of carbonyl (C=O) groups excluding carboxylic acids is 3. The van der Waals surface area contributed by atoms with Gasteiger partial charge in [0, 0.05) is 42.5 Å². The molecule has 6 rings (SSSR count). The molecule has 15 nitrogen and oxygen atoms in total. The molecule has 2 saturated heterocycles. The number of ether oxygens (including phenoxy) is 4. The molecule has 4 atom stereocenters. The third-order valence-electron chi connectivity index (χ3n) is 10.3. The van der Waals surface area contributed by atoms with Crippen molar-refractivity contribution in [3.05, 3.63) is 89.5 Å². The normalized spacial score (nSPS) is 19.6. The van der Waals surface area contributed by atoms with Gasteiger partial charge >= 0.3 is 6.03 Å². The second-order valence-electron chi connectivity index (χ2n) is 14.5. The van der Waals surface area contributed by atoms with Crippen LogP contribution in [-0.4, -0.2) is 117 Å². The number of hydrogen-bond donors (Lipinski definition) is 6. The highest BCUT2D eigenvalue weighted by Gasteiger charge is 2.42. The van der Waals surface area contributed by atoms with Crippen molar-refractivity contribution in [1.82, 2.24) is 21.3 Å². The minimum atomic E-state index is -0.224. The summed E-state index contributed by atoms with van der Waals surface area (Å²) in [6, 6.07) is 17.7. The zero-order valence-electron chi connectivity index (χ0n) is 33.9. The topological polar surface area (TPSA) is 192 Å². The predicted octanol–water partition coefficient (Wildman–Crippen LogP) is 5.08. The van der Waals surface area contributed by atoms with Gasteiger partial charge in [0.05, 0.1) is 70.2 Å². The Kier molecular flexibility index (Phi) is 16.1. The van der Waals surface area contributed by atoms with Crippen LogP contribution in [0.15, 0.2) is 77.9 Å². The quantitative estimate of drug-likeness (QED) is 0.0584. The van der Waals surface area contributed by atoms with Gasteiger partial charge in [-0.25, -0.2) is 4.79 Å². The molecule has 4 amide bonds. The molecule has 3 aromatic carbocycles. The molecule has 0 aliphatic carbocycles. The van der Waals surface area contributed by atoms with Crippen molar-refractivity contribution in [2.24, 2.45) is 5.10 Å². The molecule has 3 aromatic rings. The van der Waals surface area contributed by atoms with Crippen LogP contribution in [0.5, 0.6) is 23.0 Å². The molecule has 0 aromatic heterocycles. The number of urea groups is 1. The molecule has 6 N–H and O–H groups in total. The number of carbonyl (C=O) groups is 3. The summed E-state index contributed by atoms with van der Waals surface area (Å²) in [4.78, 5) is 36.6. The van der Waals surface area contributed by atoms with Gasteiger partial charge in [0.2, 0.25) is 5.91 Å². The fourth-order valence-corrected chi connectivity index (χ4v) is 8.66. The number of benzene rings is 3. The number of hydrogen-bond acceptors (Lipinski definition) is 12.